The minimum atomic E-state index is -4.81. The number of hydrogen-bond donors (Lipinski definition) is 1. The van der Waals surface area contributed by atoms with E-state index in [9.17, 15) is 17.6 Å². The number of halogens is 4. The fourth-order valence-electron chi connectivity index (χ4n) is 1.53. The Kier molecular flexibility index (Phi) is 3.73. The Bertz CT molecular complexity index is 616. The maximum Gasteiger partial charge on any atom is 0.573 e. The molecule has 0 aliphatic heterocycles. The van der Waals surface area contributed by atoms with Crippen molar-refractivity contribution in [2.45, 2.75) is 6.36 Å². The van der Waals surface area contributed by atoms with Gasteiger partial charge in [-0.05, 0) is 12.1 Å². The Hall–Kier alpha value is -2.38. The summed E-state index contributed by atoms with van der Waals surface area (Å²) in [6.45, 7) is 0. The predicted molar refractivity (Wildman–Crippen MR) is 63.7 cm³/mol. The van der Waals surface area contributed by atoms with Gasteiger partial charge < -0.3 is 10.1 Å². The molecule has 0 aliphatic carbocycles. The van der Waals surface area contributed by atoms with Crippen LogP contribution in [0.5, 0.6) is 5.75 Å². The molecule has 0 amide bonds. The summed E-state index contributed by atoms with van der Waals surface area (Å²) >= 11 is 0. The van der Waals surface area contributed by atoms with Crippen molar-refractivity contribution in [3.05, 3.63) is 36.3 Å². The lowest BCUT2D eigenvalue weighted by molar-refractivity contribution is -0.274. The average Bonchev–Trinajstić information content (AvgIpc) is 2.37. The number of nitrogens with zero attached hydrogens (tertiary/aromatic N) is 2. The van der Waals surface area contributed by atoms with Gasteiger partial charge in [0.1, 0.15) is 11.4 Å². The van der Waals surface area contributed by atoms with Crippen molar-refractivity contribution < 1.29 is 22.3 Å². The van der Waals surface area contributed by atoms with Gasteiger partial charge in [-0.3, -0.25) is 0 Å². The third-order valence-electron chi connectivity index (χ3n) is 2.31. The van der Waals surface area contributed by atoms with Crippen LogP contribution >= 0.6 is 0 Å². The molecule has 0 unspecified atom stereocenters. The first kappa shape index (κ1) is 14.0. The van der Waals surface area contributed by atoms with Crippen LogP contribution in [-0.2, 0) is 0 Å². The molecule has 1 heterocycles. The van der Waals surface area contributed by atoms with Gasteiger partial charge in [-0.2, -0.15) is 0 Å². The van der Waals surface area contributed by atoms with E-state index in [1.54, 1.807) is 7.05 Å². The topological polar surface area (TPSA) is 47.0 Å². The monoisotopic (exact) mass is 287 g/mol. The van der Waals surface area contributed by atoms with Gasteiger partial charge in [0, 0.05) is 12.6 Å². The summed E-state index contributed by atoms with van der Waals surface area (Å²) in [7, 11) is 1.54. The van der Waals surface area contributed by atoms with Crippen LogP contribution < -0.4 is 10.1 Å². The maximum absolute atomic E-state index is 13.6. The first-order valence-corrected chi connectivity index (χ1v) is 5.45. The molecule has 0 fully saturated rings. The number of hydrogen-bond acceptors (Lipinski definition) is 4. The second-order valence-corrected chi connectivity index (χ2v) is 3.72. The number of rotatable bonds is 3. The molecule has 1 N–H and O–H groups in total. The van der Waals surface area contributed by atoms with Gasteiger partial charge in [-0.1, -0.05) is 12.1 Å². The van der Waals surface area contributed by atoms with E-state index in [1.807, 2.05) is 0 Å². The highest BCUT2D eigenvalue weighted by atomic mass is 19.4. The molecule has 0 saturated heterocycles. The number of ether oxygens (including phenoxy) is 1. The van der Waals surface area contributed by atoms with Gasteiger partial charge in [0.25, 0.3) is 0 Å². The molecule has 106 valence electrons. The predicted octanol–water partition coefficient (Wildman–Crippen LogP) is 3.22. The van der Waals surface area contributed by atoms with E-state index in [4.69, 9.17) is 0 Å². The van der Waals surface area contributed by atoms with Crippen molar-refractivity contribution in [2.75, 3.05) is 12.4 Å². The Morgan fingerprint density at radius 1 is 1.25 bits per heavy atom. The van der Waals surface area contributed by atoms with Crippen LogP contribution in [0, 0.1) is 5.82 Å². The fraction of sp³-hybridized carbons (Fsp3) is 0.167. The van der Waals surface area contributed by atoms with Crippen LogP contribution in [0.25, 0.3) is 11.3 Å². The normalized spacial score (nSPS) is 11.2. The third-order valence-corrected chi connectivity index (χ3v) is 2.31. The summed E-state index contributed by atoms with van der Waals surface area (Å²) in [5, 5.41) is 2.62. The highest BCUT2D eigenvalue weighted by molar-refractivity contribution is 5.62. The SMILES string of the molecule is CNc1ncc(F)c(-c2cccc(OC(F)(F)F)c2)n1. The van der Waals surface area contributed by atoms with Gasteiger partial charge in [0.15, 0.2) is 5.82 Å². The second-order valence-electron chi connectivity index (χ2n) is 3.72. The van der Waals surface area contributed by atoms with Crippen LogP contribution in [0.1, 0.15) is 0 Å². The lowest BCUT2D eigenvalue weighted by Gasteiger charge is -2.10. The fourth-order valence-corrected chi connectivity index (χ4v) is 1.53. The summed E-state index contributed by atoms with van der Waals surface area (Å²) in [6.07, 6.45) is -3.87. The van der Waals surface area contributed by atoms with Gasteiger partial charge in [-0.15, -0.1) is 13.2 Å². The summed E-state index contributed by atoms with van der Waals surface area (Å²) < 4.78 is 53.8. The van der Waals surface area contributed by atoms with Crippen molar-refractivity contribution >= 4 is 5.95 Å². The zero-order valence-electron chi connectivity index (χ0n) is 10.2. The molecule has 2 aromatic rings. The van der Waals surface area contributed by atoms with Gasteiger partial charge >= 0.3 is 6.36 Å². The molecule has 0 atom stereocenters. The summed E-state index contributed by atoms with van der Waals surface area (Å²) in [5.74, 6) is -1.03. The smallest absolute Gasteiger partial charge is 0.406 e. The largest absolute Gasteiger partial charge is 0.573 e. The Morgan fingerprint density at radius 3 is 2.65 bits per heavy atom. The highest BCUT2D eigenvalue weighted by Gasteiger charge is 2.31. The molecule has 0 spiro atoms. The summed E-state index contributed by atoms with van der Waals surface area (Å²) in [5.41, 5.74) is 0.0418. The van der Waals surface area contributed by atoms with Crippen LogP contribution in [0.15, 0.2) is 30.5 Å². The quantitative estimate of drug-likeness (QED) is 0.880. The average molecular weight is 287 g/mol. The van der Waals surface area contributed by atoms with Crippen molar-refractivity contribution in [3.63, 3.8) is 0 Å². The van der Waals surface area contributed by atoms with E-state index in [2.05, 4.69) is 20.0 Å². The molecule has 0 bridgehead atoms. The molecule has 1 aromatic carbocycles. The highest BCUT2D eigenvalue weighted by Crippen LogP contribution is 2.28. The second kappa shape index (κ2) is 5.32. The van der Waals surface area contributed by atoms with E-state index >= 15 is 0 Å². The third kappa shape index (κ3) is 3.34. The number of aromatic nitrogens is 2. The van der Waals surface area contributed by atoms with Crippen LogP contribution in [0.3, 0.4) is 0 Å². The number of nitrogens with one attached hydrogen (secondary N) is 1. The van der Waals surface area contributed by atoms with Gasteiger partial charge in [-0.25, -0.2) is 14.4 Å². The van der Waals surface area contributed by atoms with Gasteiger partial charge in [0.2, 0.25) is 5.95 Å². The zero-order valence-corrected chi connectivity index (χ0v) is 10.2. The number of anilines is 1. The first-order valence-electron chi connectivity index (χ1n) is 5.45. The van der Waals surface area contributed by atoms with Crippen molar-refractivity contribution in [2.24, 2.45) is 0 Å². The molecule has 0 aliphatic rings. The zero-order chi connectivity index (χ0) is 14.8. The molecule has 2 rings (SSSR count). The van der Waals surface area contributed by atoms with E-state index in [0.717, 1.165) is 18.3 Å². The molecule has 1 aromatic heterocycles. The van der Waals surface area contributed by atoms with Crippen molar-refractivity contribution in [1.82, 2.24) is 9.97 Å². The van der Waals surface area contributed by atoms with Gasteiger partial charge in [0.05, 0.1) is 6.20 Å². The van der Waals surface area contributed by atoms with E-state index in [-0.39, 0.29) is 17.2 Å². The lowest BCUT2D eigenvalue weighted by atomic mass is 10.1. The minimum Gasteiger partial charge on any atom is -0.406 e. The Labute approximate surface area is 111 Å². The van der Waals surface area contributed by atoms with Crippen LogP contribution in [0.4, 0.5) is 23.5 Å². The van der Waals surface area contributed by atoms with Crippen LogP contribution in [-0.4, -0.2) is 23.4 Å². The summed E-state index contributed by atoms with van der Waals surface area (Å²) in [4.78, 5) is 7.52. The Morgan fingerprint density at radius 2 is 2.00 bits per heavy atom. The Balaban J connectivity index is 2.40. The summed E-state index contributed by atoms with van der Waals surface area (Å²) in [6, 6.07) is 4.92. The van der Waals surface area contributed by atoms with Crippen molar-refractivity contribution in [3.8, 4) is 17.0 Å². The van der Waals surface area contributed by atoms with Crippen LogP contribution in [0.2, 0.25) is 0 Å². The molecule has 4 nitrogen and oxygen atoms in total. The number of alkyl halides is 3. The lowest BCUT2D eigenvalue weighted by Crippen LogP contribution is -2.17. The molecule has 0 radical (unpaired) electrons. The van der Waals surface area contributed by atoms with E-state index in [0.29, 0.717) is 0 Å². The molecular weight excluding hydrogens is 278 g/mol. The number of benzene rings is 1. The first-order chi connectivity index (χ1) is 9.39. The molecule has 8 heteroatoms. The maximum atomic E-state index is 13.6. The standard InChI is InChI=1S/C12H9F4N3O/c1-17-11-18-6-9(13)10(19-11)7-3-2-4-8(5-7)20-12(14,15)16/h2-6H,1H3,(H,17,18,19). The molecular formula is C12H9F4N3O. The van der Waals surface area contributed by atoms with Crippen molar-refractivity contribution in [1.29, 1.82) is 0 Å². The van der Waals surface area contributed by atoms with E-state index in [1.165, 1.54) is 12.1 Å². The molecule has 0 saturated carbocycles. The molecule has 20 heavy (non-hydrogen) atoms. The van der Waals surface area contributed by atoms with E-state index < -0.39 is 17.9 Å². The minimum absolute atomic E-state index is 0.114.